The van der Waals surface area contributed by atoms with Crippen LogP contribution in [-0.2, 0) is 10.3 Å². The van der Waals surface area contributed by atoms with Gasteiger partial charge in [0, 0.05) is 30.9 Å². The Hall–Kier alpha value is -2.51. The number of hydrogen-bond donors (Lipinski definition) is 2. The molecule has 7 nitrogen and oxygen atoms in total. The maximum absolute atomic E-state index is 11.9. The summed E-state index contributed by atoms with van der Waals surface area (Å²) in [5.41, 5.74) is 2.09. The predicted molar refractivity (Wildman–Crippen MR) is 123 cm³/mol. The van der Waals surface area contributed by atoms with Crippen LogP contribution in [0.2, 0.25) is 0 Å². The number of carbonyl (C=O) groups is 1. The molecule has 1 fully saturated rings. The average Bonchev–Trinajstić information content (AvgIpc) is 3.06. The second kappa shape index (κ2) is 11.4. The van der Waals surface area contributed by atoms with Crippen LogP contribution >= 0.6 is 0 Å². The van der Waals surface area contributed by atoms with Gasteiger partial charge in [0.15, 0.2) is 5.75 Å². The van der Waals surface area contributed by atoms with Crippen molar-refractivity contribution in [3.05, 3.63) is 47.2 Å². The summed E-state index contributed by atoms with van der Waals surface area (Å²) in [5.74, 6) is 0.861. The molecule has 1 saturated heterocycles. The Morgan fingerprint density at radius 1 is 1.12 bits per heavy atom. The van der Waals surface area contributed by atoms with Crippen molar-refractivity contribution in [3.63, 3.8) is 0 Å². The Kier molecular flexibility index (Phi) is 8.59. The number of aromatic amines is 1. The molecule has 176 valence electrons. The summed E-state index contributed by atoms with van der Waals surface area (Å²) in [6.45, 7) is 9.34. The number of aromatic nitrogens is 1. The molecule has 0 aliphatic carbocycles. The fourth-order valence-corrected chi connectivity index (χ4v) is 3.97. The van der Waals surface area contributed by atoms with Gasteiger partial charge in [-0.1, -0.05) is 43.7 Å². The van der Waals surface area contributed by atoms with E-state index in [4.69, 9.17) is 14.2 Å². The molecule has 0 amide bonds. The molecule has 1 aliphatic heterocycles. The van der Waals surface area contributed by atoms with Crippen LogP contribution in [0.15, 0.2) is 30.3 Å². The number of carbonyl (C=O) groups excluding carboxylic acids is 1. The zero-order valence-electron chi connectivity index (χ0n) is 19.5. The first kappa shape index (κ1) is 24.1. The van der Waals surface area contributed by atoms with E-state index in [1.165, 1.54) is 0 Å². The molecule has 0 spiro atoms. The molecule has 1 aromatic carbocycles. The van der Waals surface area contributed by atoms with Gasteiger partial charge in [-0.25, -0.2) is 4.79 Å². The lowest BCUT2D eigenvalue weighted by atomic mass is 9.84. The van der Waals surface area contributed by atoms with Crippen LogP contribution in [0.25, 0.3) is 0 Å². The van der Waals surface area contributed by atoms with Crippen LogP contribution in [0.5, 0.6) is 11.6 Å². The molecule has 2 aromatic rings. The number of aliphatic hydroxyl groups is 1. The maximum atomic E-state index is 11.9. The standard InChI is InChI=1S/C25H36N2O5/c1-4-5-17-31-24(28)32-23-22(19(2)20(3)26-23)30-18-9-14-27-15-12-25(29,13-16-27)21-10-7-6-8-11-21/h6-8,10-11,26,29H,4-5,9,12-18H2,1-3H3. The predicted octanol–water partition coefficient (Wildman–Crippen LogP) is 4.70. The van der Waals surface area contributed by atoms with E-state index in [1.807, 2.05) is 51.1 Å². The van der Waals surface area contributed by atoms with E-state index in [2.05, 4.69) is 9.88 Å². The van der Waals surface area contributed by atoms with Gasteiger partial charge in [-0.2, -0.15) is 0 Å². The average molecular weight is 445 g/mol. The third kappa shape index (κ3) is 6.26. The van der Waals surface area contributed by atoms with E-state index >= 15 is 0 Å². The second-order valence-corrected chi connectivity index (χ2v) is 8.53. The molecular formula is C25H36N2O5. The zero-order chi connectivity index (χ0) is 23.0. The smallest absolute Gasteiger partial charge is 0.488 e. The Bertz CT molecular complexity index is 857. The summed E-state index contributed by atoms with van der Waals surface area (Å²) in [4.78, 5) is 17.3. The van der Waals surface area contributed by atoms with E-state index in [9.17, 15) is 9.90 Å². The monoisotopic (exact) mass is 444 g/mol. The number of ether oxygens (including phenoxy) is 3. The molecule has 0 bridgehead atoms. The summed E-state index contributed by atoms with van der Waals surface area (Å²) < 4.78 is 16.4. The number of likely N-dealkylation sites (tertiary alicyclic amines) is 1. The molecule has 3 rings (SSSR count). The zero-order valence-corrected chi connectivity index (χ0v) is 19.5. The highest BCUT2D eigenvalue weighted by molar-refractivity contribution is 5.65. The van der Waals surface area contributed by atoms with E-state index in [0.29, 0.717) is 24.8 Å². The summed E-state index contributed by atoms with van der Waals surface area (Å²) in [5, 5.41) is 11.0. The van der Waals surface area contributed by atoms with Crippen molar-refractivity contribution in [2.75, 3.05) is 32.8 Å². The van der Waals surface area contributed by atoms with Crippen LogP contribution in [-0.4, -0.2) is 54.0 Å². The Morgan fingerprint density at radius 2 is 1.84 bits per heavy atom. The van der Waals surface area contributed by atoms with Gasteiger partial charge in [-0.05, 0) is 45.1 Å². The Labute approximate surface area is 190 Å². The number of H-pyrrole nitrogens is 1. The maximum Gasteiger partial charge on any atom is 0.515 e. The number of nitrogens with one attached hydrogen (secondary N) is 1. The van der Waals surface area contributed by atoms with E-state index in [-0.39, 0.29) is 0 Å². The van der Waals surface area contributed by atoms with Gasteiger partial charge in [0.05, 0.1) is 18.8 Å². The first-order valence-electron chi connectivity index (χ1n) is 11.6. The number of aryl methyl sites for hydroxylation is 1. The fraction of sp³-hybridized carbons (Fsp3) is 0.560. The Morgan fingerprint density at radius 3 is 2.53 bits per heavy atom. The number of piperidine rings is 1. The third-order valence-corrected chi connectivity index (χ3v) is 6.17. The van der Waals surface area contributed by atoms with Crippen molar-refractivity contribution < 1.29 is 24.1 Å². The minimum atomic E-state index is -0.730. The van der Waals surface area contributed by atoms with Crippen LogP contribution in [0, 0.1) is 13.8 Å². The molecule has 7 heteroatoms. The molecule has 32 heavy (non-hydrogen) atoms. The van der Waals surface area contributed by atoms with Gasteiger partial charge in [-0.15, -0.1) is 0 Å². The second-order valence-electron chi connectivity index (χ2n) is 8.53. The van der Waals surface area contributed by atoms with Crippen molar-refractivity contribution in [2.45, 2.75) is 58.5 Å². The SMILES string of the molecule is CCCCOC(=O)Oc1[nH]c(C)c(C)c1OCCCN1CCC(O)(c2ccccc2)CC1. The largest absolute Gasteiger partial charge is 0.515 e. The van der Waals surface area contributed by atoms with E-state index in [0.717, 1.165) is 68.6 Å². The molecule has 0 saturated carbocycles. The van der Waals surface area contributed by atoms with Crippen molar-refractivity contribution in [1.82, 2.24) is 9.88 Å². The first-order chi connectivity index (χ1) is 15.4. The topological polar surface area (TPSA) is 84.0 Å². The van der Waals surface area contributed by atoms with Gasteiger partial charge >= 0.3 is 6.16 Å². The summed E-state index contributed by atoms with van der Waals surface area (Å²) in [6, 6.07) is 9.94. The Balaban J connectivity index is 1.44. The van der Waals surface area contributed by atoms with Crippen LogP contribution < -0.4 is 9.47 Å². The first-order valence-corrected chi connectivity index (χ1v) is 11.6. The number of nitrogens with zero attached hydrogens (tertiary/aromatic N) is 1. The van der Waals surface area contributed by atoms with Gasteiger partial charge in [-0.3, -0.25) is 0 Å². The number of rotatable bonds is 10. The highest BCUT2D eigenvalue weighted by atomic mass is 16.7. The van der Waals surface area contributed by atoms with Crippen molar-refractivity contribution in [1.29, 1.82) is 0 Å². The molecule has 0 unspecified atom stereocenters. The lowest BCUT2D eigenvalue weighted by molar-refractivity contribution is -0.0265. The van der Waals surface area contributed by atoms with Gasteiger partial charge < -0.3 is 29.2 Å². The number of benzene rings is 1. The minimum absolute atomic E-state index is 0.299. The lowest BCUT2D eigenvalue weighted by Crippen LogP contribution is -2.43. The third-order valence-electron chi connectivity index (χ3n) is 6.17. The minimum Gasteiger partial charge on any atom is -0.488 e. The summed E-state index contributed by atoms with van der Waals surface area (Å²) >= 11 is 0. The quantitative estimate of drug-likeness (QED) is 0.408. The van der Waals surface area contributed by atoms with Crippen LogP contribution in [0.4, 0.5) is 4.79 Å². The molecule has 1 aliphatic rings. The van der Waals surface area contributed by atoms with Crippen LogP contribution in [0.1, 0.15) is 55.8 Å². The molecule has 1 aromatic heterocycles. The fourth-order valence-electron chi connectivity index (χ4n) is 3.97. The van der Waals surface area contributed by atoms with Crippen molar-refractivity contribution >= 4 is 6.16 Å². The van der Waals surface area contributed by atoms with E-state index in [1.54, 1.807) is 0 Å². The summed E-state index contributed by atoms with van der Waals surface area (Å²) in [6.07, 6.45) is 3.33. The highest BCUT2D eigenvalue weighted by Gasteiger charge is 2.33. The summed E-state index contributed by atoms with van der Waals surface area (Å²) in [7, 11) is 0. The normalized spacial score (nSPS) is 16.0. The van der Waals surface area contributed by atoms with Gasteiger partial charge in [0.2, 0.25) is 5.88 Å². The van der Waals surface area contributed by atoms with E-state index < -0.39 is 11.8 Å². The molecule has 2 heterocycles. The van der Waals surface area contributed by atoms with Gasteiger partial charge in [0.25, 0.3) is 0 Å². The number of unbranched alkanes of at least 4 members (excludes halogenated alkanes) is 1. The van der Waals surface area contributed by atoms with Crippen molar-refractivity contribution in [3.8, 4) is 11.6 Å². The van der Waals surface area contributed by atoms with Crippen LogP contribution in [0.3, 0.4) is 0 Å². The number of hydrogen-bond acceptors (Lipinski definition) is 6. The van der Waals surface area contributed by atoms with Gasteiger partial charge in [0.1, 0.15) is 0 Å². The molecular weight excluding hydrogens is 408 g/mol. The molecule has 2 N–H and O–H groups in total. The molecule has 0 atom stereocenters. The highest BCUT2D eigenvalue weighted by Crippen LogP contribution is 2.34. The lowest BCUT2D eigenvalue weighted by Gasteiger charge is -2.38. The van der Waals surface area contributed by atoms with Crippen molar-refractivity contribution in [2.24, 2.45) is 0 Å². The molecule has 0 radical (unpaired) electrons.